The Morgan fingerprint density at radius 1 is 1.60 bits per heavy atom. The number of rotatable bonds is 1. The van der Waals surface area contributed by atoms with E-state index in [1.165, 1.54) is 0 Å². The van der Waals surface area contributed by atoms with Gasteiger partial charge in [0.05, 0.1) is 6.54 Å². The normalized spacial score (nSPS) is 19.1. The van der Waals surface area contributed by atoms with Gasteiger partial charge in [-0.1, -0.05) is 0 Å². The van der Waals surface area contributed by atoms with Crippen LogP contribution in [0.5, 0.6) is 0 Å². The Morgan fingerprint density at radius 3 is 2.93 bits per heavy atom. The Balaban J connectivity index is 2.68. The number of nitrogens with one attached hydrogen (secondary N) is 1. The Morgan fingerprint density at radius 2 is 2.33 bits per heavy atom. The smallest absolute Gasteiger partial charge is 0.241 e. The van der Waals surface area contributed by atoms with E-state index >= 15 is 0 Å². The average Bonchev–Trinajstić information content (AvgIpc) is 2.38. The second-order valence-electron chi connectivity index (χ2n) is 3.53. The first-order chi connectivity index (χ1) is 7.19. The third kappa shape index (κ3) is 3.09. The van der Waals surface area contributed by atoms with Gasteiger partial charge >= 0.3 is 0 Å². The van der Waals surface area contributed by atoms with Gasteiger partial charge in [0.1, 0.15) is 0 Å². The van der Waals surface area contributed by atoms with E-state index in [1.807, 2.05) is 18.9 Å². The number of amides is 1. The molecule has 0 bridgehead atoms. The number of guanidine groups is 1. The summed E-state index contributed by atoms with van der Waals surface area (Å²) in [4.78, 5) is 19.4. The molecule has 0 atom stereocenters. The monoisotopic (exact) mass is 213 g/mol. The van der Waals surface area contributed by atoms with E-state index in [0.29, 0.717) is 19.0 Å². The van der Waals surface area contributed by atoms with Crippen molar-refractivity contribution in [2.45, 2.75) is 13.3 Å². The maximum Gasteiger partial charge on any atom is 0.241 e. The minimum atomic E-state index is 0.103. The standard InChI is InChI=1S/C9H19N5O/c1-3-11-9(12-10)14-6-4-5-13(2)8(15)7-14/h3-7,10H2,1-2H3,(H,11,12). The number of hydrogen-bond donors (Lipinski definition) is 2. The SMILES string of the molecule is CCN=C(NN)N1CCCN(C)C(=O)C1. The van der Waals surface area contributed by atoms with Crippen molar-refractivity contribution in [3.63, 3.8) is 0 Å². The number of carbonyl (C=O) groups excluding carboxylic acids is 1. The number of hydrogen-bond acceptors (Lipinski definition) is 3. The van der Waals surface area contributed by atoms with Crippen LogP contribution in [0.2, 0.25) is 0 Å². The van der Waals surface area contributed by atoms with Crippen LogP contribution in [0.1, 0.15) is 13.3 Å². The van der Waals surface area contributed by atoms with E-state index in [2.05, 4.69) is 10.4 Å². The van der Waals surface area contributed by atoms with Gasteiger partial charge in [-0.2, -0.15) is 0 Å². The Kier molecular flexibility index (Phi) is 4.36. The number of hydrazine groups is 1. The lowest BCUT2D eigenvalue weighted by Crippen LogP contribution is -2.47. The largest absolute Gasteiger partial charge is 0.344 e. The lowest BCUT2D eigenvalue weighted by Gasteiger charge is -2.22. The molecule has 1 heterocycles. The highest BCUT2D eigenvalue weighted by molar-refractivity contribution is 5.86. The van der Waals surface area contributed by atoms with Gasteiger partial charge in [-0.25, -0.2) is 5.84 Å². The van der Waals surface area contributed by atoms with Crippen molar-refractivity contribution in [1.29, 1.82) is 0 Å². The van der Waals surface area contributed by atoms with Crippen LogP contribution in [-0.4, -0.2) is 54.9 Å². The lowest BCUT2D eigenvalue weighted by molar-refractivity contribution is -0.129. The van der Waals surface area contributed by atoms with E-state index < -0.39 is 0 Å². The number of likely N-dealkylation sites (N-methyl/N-ethyl adjacent to an activating group) is 1. The Bertz CT molecular complexity index is 253. The van der Waals surface area contributed by atoms with Crippen molar-refractivity contribution < 1.29 is 4.79 Å². The van der Waals surface area contributed by atoms with Crippen molar-refractivity contribution in [2.24, 2.45) is 10.8 Å². The zero-order valence-electron chi connectivity index (χ0n) is 9.36. The average molecular weight is 213 g/mol. The van der Waals surface area contributed by atoms with E-state index in [4.69, 9.17) is 5.84 Å². The van der Waals surface area contributed by atoms with E-state index in [1.54, 1.807) is 4.90 Å². The van der Waals surface area contributed by atoms with Crippen molar-refractivity contribution in [1.82, 2.24) is 15.2 Å². The minimum Gasteiger partial charge on any atom is -0.344 e. The summed E-state index contributed by atoms with van der Waals surface area (Å²) in [5.41, 5.74) is 2.54. The third-order valence-corrected chi connectivity index (χ3v) is 2.41. The highest BCUT2D eigenvalue weighted by Crippen LogP contribution is 2.02. The number of nitrogens with two attached hydrogens (primary N) is 1. The van der Waals surface area contributed by atoms with Crippen molar-refractivity contribution in [3.05, 3.63) is 0 Å². The van der Waals surface area contributed by atoms with Gasteiger partial charge in [-0.05, 0) is 13.3 Å². The molecule has 0 saturated carbocycles. The predicted molar refractivity (Wildman–Crippen MR) is 59.1 cm³/mol. The maximum atomic E-state index is 11.6. The van der Waals surface area contributed by atoms with Gasteiger partial charge < -0.3 is 9.80 Å². The van der Waals surface area contributed by atoms with Crippen LogP contribution in [0.25, 0.3) is 0 Å². The molecular weight excluding hydrogens is 194 g/mol. The molecule has 3 N–H and O–H groups in total. The second kappa shape index (κ2) is 5.55. The summed E-state index contributed by atoms with van der Waals surface area (Å²) in [5.74, 6) is 6.08. The molecule has 1 rings (SSSR count). The lowest BCUT2D eigenvalue weighted by atomic mass is 10.4. The highest BCUT2D eigenvalue weighted by atomic mass is 16.2. The van der Waals surface area contributed by atoms with Gasteiger partial charge in [-0.3, -0.25) is 15.2 Å². The Labute approximate surface area is 90.1 Å². The van der Waals surface area contributed by atoms with Crippen molar-refractivity contribution >= 4 is 11.9 Å². The molecule has 0 aromatic carbocycles. The molecule has 0 aromatic heterocycles. The van der Waals surface area contributed by atoms with Crippen LogP contribution in [-0.2, 0) is 4.79 Å². The topological polar surface area (TPSA) is 74.0 Å². The summed E-state index contributed by atoms with van der Waals surface area (Å²) in [6, 6.07) is 0. The molecule has 0 radical (unpaired) electrons. The van der Waals surface area contributed by atoms with E-state index in [-0.39, 0.29) is 5.91 Å². The Hall–Kier alpha value is -1.30. The number of aliphatic imine (C=N–C) groups is 1. The molecule has 1 amide bonds. The molecule has 0 aromatic rings. The second-order valence-corrected chi connectivity index (χ2v) is 3.53. The van der Waals surface area contributed by atoms with E-state index in [0.717, 1.165) is 19.5 Å². The maximum absolute atomic E-state index is 11.6. The van der Waals surface area contributed by atoms with Gasteiger partial charge in [0.15, 0.2) is 0 Å². The first-order valence-electron chi connectivity index (χ1n) is 5.19. The zero-order valence-corrected chi connectivity index (χ0v) is 9.36. The summed E-state index contributed by atoms with van der Waals surface area (Å²) >= 11 is 0. The number of nitrogens with zero attached hydrogens (tertiary/aromatic N) is 3. The summed E-state index contributed by atoms with van der Waals surface area (Å²) in [6.45, 7) is 4.53. The fraction of sp³-hybridized carbons (Fsp3) is 0.778. The zero-order chi connectivity index (χ0) is 11.3. The molecule has 1 saturated heterocycles. The molecule has 1 fully saturated rings. The van der Waals surface area contributed by atoms with Crippen LogP contribution in [0.15, 0.2) is 4.99 Å². The van der Waals surface area contributed by atoms with Gasteiger partial charge in [-0.15, -0.1) is 0 Å². The summed E-state index contributed by atoms with van der Waals surface area (Å²) < 4.78 is 0. The third-order valence-electron chi connectivity index (χ3n) is 2.41. The van der Waals surface area contributed by atoms with Crippen LogP contribution in [0.3, 0.4) is 0 Å². The molecule has 0 spiro atoms. The predicted octanol–water partition coefficient (Wildman–Crippen LogP) is -1.01. The molecule has 1 aliphatic heterocycles. The summed E-state index contributed by atoms with van der Waals surface area (Å²) in [6.07, 6.45) is 0.937. The van der Waals surface area contributed by atoms with Crippen LogP contribution < -0.4 is 11.3 Å². The fourth-order valence-electron chi connectivity index (χ4n) is 1.55. The fourth-order valence-corrected chi connectivity index (χ4v) is 1.55. The summed E-state index contributed by atoms with van der Waals surface area (Å²) in [7, 11) is 1.82. The first-order valence-corrected chi connectivity index (χ1v) is 5.19. The number of carbonyl (C=O) groups is 1. The quantitative estimate of drug-likeness (QED) is 0.253. The van der Waals surface area contributed by atoms with Crippen LogP contribution in [0.4, 0.5) is 0 Å². The molecule has 15 heavy (non-hydrogen) atoms. The van der Waals surface area contributed by atoms with Gasteiger partial charge in [0.2, 0.25) is 11.9 Å². The molecule has 6 heteroatoms. The van der Waals surface area contributed by atoms with Gasteiger partial charge in [0, 0.05) is 26.7 Å². The first kappa shape index (κ1) is 11.8. The molecule has 1 aliphatic rings. The molecule has 6 nitrogen and oxygen atoms in total. The minimum absolute atomic E-state index is 0.103. The van der Waals surface area contributed by atoms with Crippen molar-refractivity contribution in [3.8, 4) is 0 Å². The summed E-state index contributed by atoms with van der Waals surface area (Å²) in [5, 5.41) is 0. The highest BCUT2D eigenvalue weighted by Gasteiger charge is 2.20. The van der Waals surface area contributed by atoms with Crippen LogP contribution >= 0.6 is 0 Å². The molecule has 86 valence electrons. The molecule has 0 aliphatic carbocycles. The molecular formula is C9H19N5O. The van der Waals surface area contributed by atoms with Crippen molar-refractivity contribution in [2.75, 3.05) is 33.2 Å². The van der Waals surface area contributed by atoms with Gasteiger partial charge in [0.25, 0.3) is 0 Å². The van der Waals surface area contributed by atoms with E-state index in [9.17, 15) is 4.79 Å². The van der Waals surface area contributed by atoms with Crippen LogP contribution in [0, 0.1) is 0 Å². The molecule has 0 unspecified atom stereocenters.